The summed E-state index contributed by atoms with van der Waals surface area (Å²) in [5.74, 6) is 0. The minimum atomic E-state index is -3.45. The molecule has 0 amide bonds. The van der Waals surface area contributed by atoms with E-state index in [9.17, 15) is 8.42 Å². The van der Waals surface area contributed by atoms with E-state index < -0.39 is 10.0 Å². The zero-order chi connectivity index (χ0) is 13.9. The van der Waals surface area contributed by atoms with Crippen molar-refractivity contribution >= 4 is 21.4 Å². The molecule has 0 aliphatic carbocycles. The average Bonchev–Trinajstić information content (AvgIpc) is 2.97. The fourth-order valence-corrected chi connectivity index (χ4v) is 3.85. The van der Waals surface area contributed by atoms with Crippen molar-refractivity contribution in [3.05, 3.63) is 34.5 Å². The third kappa shape index (κ3) is 3.41. The molecular weight excluding hydrogens is 284 g/mol. The summed E-state index contributed by atoms with van der Waals surface area (Å²) in [6, 6.07) is 1.69. The summed E-state index contributed by atoms with van der Waals surface area (Å²) in [5, 5.41) is 11.5. The number of aromatic nitrogens is 2. The molecule has 2 heterocycles. The van der Waals surface area contributed by atoms with Gasteiger partial charge in [0, 0.05) is 24.3 Å². The van der Waals surface area contributed by atoms with Crippen molar-refractivity contribution in [2.45, 2.75) is 24.2 Å². The molecule has 2 aromatic heterocycles. The second-order valence-electron chi connectivity index (χ2n) is 4.15. The Balaban J connectivity index is 2.07. The molecule has 0 saturated carbocycles. The van der Waals surface area contributed by atoms with E-state index in [4.69, 9.17) is 0 Å². The lowest BCUT2D eigenvalue weighted by Crippen LogP contribution is -2.22. The molecule has 2 rings (SSSR count). The quantitative estimate of drug-likeness (QED) is 0.742. The molecule has 0 aliphatic heterocycles. The summed E-state index contributed by atoms with van der Waals surface area (Å²) >= 11 is 1.22. The number of aryl methyl sites for hydroxylation is 1. The maximum Gasteiger partial charge on any atom is 0.250 e. The standard InChI is InChI=1S/C11H16N4O2S2/c1-8-10(5-13-15-8)6-14-19(16,17)11-3-9(4-12-2)7-18-11/h3,5,7,12,14H,4,6H2,1-2H3,(H,13,15). The fraction of sp³-hybridized carbons (Fsp3) is 0.364. The van der Waals surface area contributed by atoms with Crippen molar-refractivity contribution in [2.75, 3.05) is 7.05 Å². The van der Waals surface area contributed by atoms with Crippen LogP contribution in [0.25, 0.3) is 0 Å². The van der Waals surface area contributed by atoms with E-state index in [2.05, 4.69) is 20.2 Å². The Morgan fingerprint density at radius 1 is 1.42 bits per heavy atom. The van der Waals surface area contributed by atoms with Crippen LogP contribution in [0, 0.1) is 6.92 Å². The highest BCUT2D eigenvalue weighted by Gasteiger charge is 2.17. The molecule has 0 bridgehead atoms. The normalized spacial score (nSPS) is 11.9. The van der Waals surface area contributed by atoms with Crippen molar-refractivity contribution in [3.63, 3.8) is 0 Å². The molecule has 0 saturated heterocycles. The molecule has 0 spiro atoms. The number of thiophene rings is 1. The largest absolute Gasteiger partial charge is 0.316 e. The zero-order valence-corrected chi connectivity index (χ0v) is 12.4. The summed E-state index contributed by atoms with van der Waals surface area (Å²) in [4.78, 5) is 0. The lowest BCUT2D eigenvalue weighted by atomic mass is 10.3. The van der Waals surface area contributed by atoms with Gasteiger partial charge >= 0.3 is 0 Å². The molecule has 0 aliphatic rings. The van der Waals surface area contributed by atoms with Crippen LogP contribution in [-0.4, -0.2) is 25.7 Å². The first kappa shape index (κ1) is 14.2. The zero-order valence-electron chi connectivity index (χ0n) is 10.7. The molecule has 0 fully saturated rings. The molecule has 0 atom stereocenters. The monoisotopic (exact) mass is 300 g/mol. The van der Waals surface area contributed by atoms with Gasteiger partial charge in [-0.05, 0) is 31.0 Å². The first-order chi connectivity index (χ1) is 9.03. The molecular formula is C11H16N4O2S2. The Labute approximate surface area is 116 Å². The van der Waals surface area contributed by atoms with Gasteiger partial charge in [-0.2, -0.15) is 5.10 Å². The van der Waals surface area contributed by atoms with E-state index in [-0.39, 0.29) is 6.54 Å². The maximum atomic E-state index is 12.1. The van der Waals surface area contributed by atoms with E-state index in [1.54, 1.807) is 12.3 Å². The molecule has 0 unspecified atom stereocenters. The minimum absolute atomic E-state index is 0.240. The minimum Gasteiger partial charge on any atom is -0.316 e. The van der Waals surface area contributed by atoms with Crippen LogP contribution in [0.3, 0.4) is 0 Å². The molecule has 6 nitrogen and oxygen atoms in total. The highest BCUT2D eigenvalue weighted by Crippen LogP contribution is 2.20. The topological polar surface area (TPSA) is 86.9 Å². The third-order valence-corrected chi connectivity index (χ3v) is 5.55. The van der Waals surface area contributed by atoms with Gasteiger partial charge in [-0.25, -0.2) is 13.1 Å². The Kier molecular flexibility index (Phi) is 4.35. The number of rotatable bonds is 6. The predicted octanol–water partition coefficient (Wildman–Crippen LogP) is 0.978. The number of nitrogens with zero attached hydrogens (tertiary/aromatic N) is 1. The molecule has 2 aromatic rings. The van der Waals surface area contributed by atoms with Gasteiger partial charge in [0.15, 0.2) is 0 Å². The van der Waals surface area contributed by atoms with Gasteiger partial charge < -0.3 is 5.32 Å². The number of hydrogen-bond donors (Lipinski definition) is 3. The summed E-state index contributed by atoms with van der Waals surface area (Å²) in [7, 11) is -1.63. The van der Waals surface area contributed by atoms with Crippen LogP contribution in [0.15, 0.2) is 21.9 Å². The van der Waals surface area contributed by atoms with Crippen LogP contribution in [0.1, 0.15) is 16.8 Å². The van der Waals surface area contributed by atoms with E-state index in [1.165, 1.54) is 11.3 Å². The van der Waals surface area contributed by atoms with Crippen molar-refractivity contribution in [3.8, 4) is 0 Å². The predicted molar refractivity (Wildman–Crippen MR) is 74.4 cm³/mol. The number of sulfonamides is 1. The maximum absolute atomic E-state index is 12.1. The van der Waals surface area contributed by atoms with Crippen LogP contribution < -0.4 is 10.0 Å². The first-order valence-electron chi connectivity index (χ1n) is 5.73. The average molecular weight is 300 g/mol. The van der Waals surface area contributed by atoms with E-state index >= 15 is 0 Å². The number of nitrogens with one attached hydrogen (secondary N) is 3. The van der Waals surface area contributed by atoms with Crippen LogP contribution in [-0.2, 0) is 23.1 Å². The summed E-state index contributed by atoms with van der Waals surface area (Å²) in [6.07, 6.45) is 1.62. The van der Waals surface area contributed by atoms with Crippen molar-refractivity contribution < 1.29 is 8.42 Å². The SMILES string of the molecule is CNCc1csc(S(=O)(=O)NCc2cn[nH]c2C)c1. The Morgan fingerprint density at radius 3 is 2.84 bits per heavy atom. The Hall–Kier alpha value is -1.22. The van der Waals surface area contributed by atoms with Crippen molar-refractivity contribution in [1.82, 2.24) is 20.2 Å². The summed E-state index contributed by atoms with van der Waals surface area (Å²) < 4.78 is 27.1. The van der Waals surface area contributed by atoms with Crippen LogP contribution in [0.5, 0.6) is 0 Å². The second-order valence-corrected chi connectivity index (χ2v) is 7.05. The van der Waals surface area contributed by atoms with Gasteiger partial charge in [-0.3, -0.25) is 5.10 Å². The molecule has 8 heteroatoms. The first-order valence-corrected chi connectivity index (χ1v) is 8.09. The van der Waals surface area contributed by atoms with E-state index in [0.29, 0.717) is 10.8 Å². The lowest BCUT2D eigenvalue weighted by molar-refractivity contribution is 0.583. The summed E-state index contributed by atoms with van der Waals surface area (Å²) in [6.45, 7) is 2.75. The fourth-order valence-electron chi connectivity index (χ4n) is 1.59. The van der Waals surface area contributed by atoms with Crippen LogP contribution in [0.2, 0.25) is 0 Å². The van der Waals surface area contributed by atoms with Gasteiger partial charge in [0.1, 0.15) is 4.21 Å². The number of hydrogen-bond acceptors (Lipinski definition) is 5. The van der Waals surface area contributed by atoms with Gasteiger partial charge in [-0.15, -0.1) is 11.3 Å². The summed E-state index contributed by atoms with van der Waals surface area (Å²) in [5.41, 5.74) is 2.67. The van der Waals surface area contributed by atoms with Crippen molar-refractivity contribution in [2.24, 2.45) is 0 Å². The highest BCUT2D eigenvalue weighted by atomic mass is 32.2. The molecule has 19 heavy (non-hydrogen) atoms. The second kappa shape index (κ2) is 5.83. The molecule has 104 valence electrons. The van der Waals surface area contributed by atoms with E-state index in [0.717, 1.165) is 16.8 Å². The highest BCUT2D eigenvalue weighted by molar-refractivity contribution is 7.91. The van der Waals surface area contributed by atoms with Gasteiger partial charge in [0.05, 0.1) is 6.20 Å². The van der Waals surface area contributed by atoms with Gasteiger partial charge in [0.25, 0.3) is 0 Å². The smallest absolute Gasteiger partial charge is 0.250 e. The number of aromatic amines is 1. The molecule has 0 aromatic carbocycles. The van der Waals surface area contributed by atoms with Crippen LogP contribution >= 0.6 is 11.3 Å². The van der Waals surface area contributed by atoms with Crippen molar-refractivity contribution in [1.29, 1.82) is 0 Å². The third-order valence-electron chi connectivity index (χ3n) is 2.66. The Morgan fingerprint density at radius 2 is 2.21 bits per heavy atom. The Bertz CT molecular complexity index is 645. The van der Waals surface area contributed by atoms with Gasteiger partial charge in [-0.1, -0.05) is 0 Å². The number of H-pyrrole nitrogens is 1. The van der Waals surface area contributed by atoms with Gasteiger partial charge in [0.2, 0.25) is 10.0 Å². The van der Waals surface area contributed by atoms with Crippen LogP contribution in [0.4, 0.5) is 0 Å². The molecule has 0 radical (unpaired) electrons. The molecule has 3 N–H and O–H groups in total. The lowest BCUT2D eigenvalue weighted by Gasteiger charge is -2.03. The van der Waals surface area contributed by atoms with E-state index in [1.807, 2.05) is 19.4 Å².